The van der Waals surface area contributed by atoms with Crippen LogP contribution < -0.4 is 10.1 Å². The van der Waals surface area contributed by atoms with E-state index in [2.05, 4.69) is 36.2 Å². The molecule has 3 aromatic rings. The van der Waals surface area contributed by atoms with Crippen LogP contribution in [-0.2, 0) is 16.1 Å². The molecular weight excluding hydrogens is 524 g/mol. The zero-order valence-electron chi connectivity index (χ0n) is 24.9. The van der Waals surface area contributed by atoms with Crippen LogP contribution in [0.15, 0.2) is 78.9 Å². The molecule has 6 heteroatoms. The summed E-state index contributed by atoms with van der Waals surface area (Å²) in [4.78, 5) is 28.8. The van der Waals surface area contributed by atoms with E-state index in [-0.39, 0.29) is 23.6 Å². The van der Waals surface area contributed by atoms with Crippen LogP contribution in [0.3, 0.4) is 0 Å². The number of hydrogen-bond donors (Lipinski definition) is 1. The lowest BCUT2D eigenvalue weighted by Gasteiger charge is -2.47. The lowest BCUT2D eigenvalue weighted by Crippen LogP contribution is -2.56. The SMILES string of the molecule is COC(=O)c1ccc([C@@H](C2CC2)N2C(=O)C(c3ccc(OCc4ccccc4)cc3)NC23CCC(C(C)C)CC3)cc1. The highest BCUT2D eigenvalue weighted by molar-refractivity contribution is 5.89. The number of carbonyl (C=O) groups is 2. The minimum atomic E-state index is -0.403. The van der Waals surface area contributed by atoms with Gasteiger partial charge in [0, 0.05) is 0 Å². The van der Waals surface area contributed by atoms with Crippen molar-refractivity contribution in [3.63, 3.8) is 0 Å². The van der Waals surface area contributed by atoms with Crippen LogP contribution in [-0.4, -0.2) is 29.5 Å². The minimum absolute atomic E-state index is 0.0224. The van der Waals surface area contributed by atoms with Crippen LogP contribution in [0.1, 0.15) is 91.5 Å². The van der Waals surface area contributed by atoms with Gasteiger partial charge in [0.05, 0.1) is 24.4 Å². The van der Waals surface area contributed by atoms with E-state index in [1.807, 2.05) is 66.7 Å². The van der Waals surface area contributed by atoms with E-state index in [0.717, 1.165) is 61.0 Å². The molecule has 1 saturated heterocycles. The van der Waals surface area contributed by atoms with Gasteiger partial charge in [-0.25, -0.2) is 4.79 Å². The summed E-state index contributed by atoms with van der Waals surface area (Å²) in [5.74, 6) is 2.32. The summed E-state index contributed by atoms with van der Waals surface area (Å²) in [6, 6.07) is 25.4. The summed E-state index contributed by atoms with van der Waals surface area (Å²) in [5.41, 5.74) is 3.33. The monoisotopic (exact) mass is 566 g/mol. The Bertz CT molecular complexity index is 1370. The molecule has 0 aromatic heterocycles. The van der Waals surface area contributed by atoms with Crippen molar-refractivity contribution < 1.29 is 19.1 Å². The van der Waals surface area contributed by atoms with Crippen molar-refractivity contribution in [2.45, 2.75) is 76.7 Å². The van der Waals surface area contributed by atoms with Crippen LogP contribution in [0, 0.1) is 17.8 Å². The molecule has 1 amide bonds. The molecule has 42 heavy (non-hydrogen) atoms. The van der Waals surface area contributed by atoms with Gasteiger partial charge in [-0.1, -0.05) is 68.4 Å². The maximum Gasteiger partial charge on any atom is 0.337 e. The Morgan fingerprint density at radius 3 is 2.17 bits per heavy atom. The highest BCUT2D eigenvalue weighted by Gasteiger charge is 2.56. The number of benzene rings is 3. The molecule has 3 aliphatic rings. The van der Waals surface area contributed by atoms with Gasteiger partial charge in [0.25, 0.3) is 0 Å². The molecule has 220 valence electrons. The molecule has 1 aliphatic heterocycles. The molecule has 2 aliphatic carbocycles. The Labute approximate surface area is 249 Å². The fourth-order valence-electron chi connectivity index (χ4n) is 7.02. The van der Waals surface area contributed by atoms with E-state index < -0.39 is 6.04 Å². The Morgan fingerprint density at radius 1 is 0.905 bits per heavy atom. The van der Waals surface area contributed by atoms with Gasteiger partial charge < -0.3 is 14.4 Å². The van der Waals surface area contributed by atoms with E-state index in [4.69, 9.17) is 9.47 Å². The highest BCUT2D eigenvalue weighted by Crippen LogP contribution is 2.53. The first-order valence-electron chi connectivity index (χ1n) is 15.4. The Kier molecular flexibility index (Phi) is 8.09. The van der Waals surface area contributed by atoms with E-state index in [1.54, 1.807) is 0 Å². The van der Waals surface area contributed by atoms with Crippen LogP contribution >= 0.6 is 0 Å². The number of hydrogen-bond acceptors (Lipinski definition) is 5. The lowest BCUT2D eigenvalue weighted by atomic mass is 9.75. The second-order valence-corrected chi connectivity index (χ2v) is 12.6. The standard InChI is InChI=1S/C36H42N2O4/c1-24(2)26-19-21-36(22-20-26)37-32(27-15-17-31(18-16-27)42-23-25-7-5-4-6-8-25)34(39)38(36)33(28-9-10-28)29-11-13-30(14-12-29)35(40)41-3/h4-8,11-18,24,26,28,32-33,37H,9-10,19-23H2,1-3H3/t26?,32?,33-,36?/m1/s1. The van der Waals surface area contributed by atoms with E-state index in [0.29, 0.717) is 29.9 Å². The molecule has 6 rings (SSSR count). The average Bonchev–Trinajstić information content (AvgIpc) is 3.83. The third kappa shape index (κ3) is 5.69. The molecule has 1 N–H and O–H groups in total. The second-order valence-electron chi connectivity index (χ2n) is 12.6. The van der Waals surface area contributed by atoms with Crippen molar-refractivity contribution in [1.82, 2.24) is 10.2 Å². The van der Waals surface area contributed by atoms with Gasteiger partial charge >= 0.3 is 5.97 Å². The molecule has 0 radical (unpaired) electrons. The van der Waals surface area contributed by atoms with E-state index in [9.17, 15) is 9.59 Å². The lowest BCUT2D eigenvalue weighted by molar-refractivity contribution is -0.137. The Hall–Kier alpha value is -3.64. The Morgan fingerprint density at radius 2 is 1.57 bits per heavy atom. The van der Waals surface area contributed by atoms with Crippen molar-refractivity contribution in [2.24, 2.45) is 17.8 Å². The van der Waals surface area contributed by atoms with Crippen LogP contribution in [0.2, 0.25) is 0 Å². The first-order valence-corrected chi connectivity index (χ1v) is 15.4. The van der Waals surface area contributed by atoms with E-state index in [1.165, 1.54) is 7.11 Å². The number of nitrogens with zero attached hydrogens (tertiary/aromatic N) is 1. The van der Waals surface area contributed by atoms with Crippen LogP contribution in [0.5, 0.6) is 5.75 Å². The van der Waals surface area contributed by atoms with Crippen molar-refractivity contribution in [2.75, 3.05) is 7.11 Å². The number of carbonyl (C=O) groups excluding carboxylic acids is 2. The fraction of sp³-hybridized carbons (Fsp3) is 0.444. The first-order chi connectivity index (χ1) is 20.4. The normalized spacial score (nSPS) is 24.7. The van der Waals surface area contributed by atoms with Crippen molar-refractivity contribution in [1.29, 1.82) is 0 Å². The number of methoxy groups -OCH3 is 1. The molecule has 2 saturated carbocycles. The molecule has 2 atom stereocenters. The highest BCUT2D eigenvalue weighted by atomic mass is 16.5. The molecular formula is C36H42N2O4. The average molecular weight is 567 g/mol. The summed E-state index contributed by atoms with van der Waals surface area (Å²) in [5, 5.41) is 3.89. The quantitative estimate of drug-likeness (QED) is 0.277. The molecule has 1 spiro atoms. The minimum Gasteiger partial charge on any atom is -0.489 e. The maximum absolute atomic E-state index is 14.5. The van der Waals surface area contributed by atoms with Gasteiger partial charge in [-0.2, -0.15) is 0 Å². The summed E-state index contributed by atoms with van der Waals surface area (Å²) >= 11 is 0. The zero-order chi connectivity index (χ0) is 29.3. The molecule has 6 nitrogen and oxygen atoms in total. The maximum atomic E-state index is 14.5. The summed E-state index contributed by atoms with van der Waals surface area (Å²) < 4.78 is 10.9. The van der Waals surface area contributed by atoms with Crippen LogP contribution in [0.25, 0.3) is 0 Å². The van der Waals surface area contributed by atoms with Gasteiger partial charge in [-0.05, 0) is 97.2 Å². The summed E-state index contributed by atoms with van der Waals surface area (Å²) in [7, 11) is 1.40. The third-order valence-electron chi connectivity index (χ3n) is 9.64. The topological polar surface area (TPSA) is 67.9 Å². The molecule has 3 aromatic carbocycles. The largest absolute Gasteiger partial charge is 0.489 e. The molecule has 1 unspecified atom stereocenters. The third-order valence-corrected chi connectivity index (χ3v) is 9.64. The number of rotatable bonds is 9. The van der Waals surface area contributed by atoms with Gasteiger partial charge in [0.15, 0.2) is 0 Å². The number of esters is 1. The number of ether oxygens (including phenoxy) is 2. The predicted molar refractivity (Wildman–Crippen MR) is 163 cm³/mol. The Balaban J connectivity index is 1.28. The van der Waals surface area contributed by atoms with E-state index >= 15 is 0 Å². The molecule has 1 heterocycles. The van der Waals surface area contributed by atoms with Crippen molar-refractivity contribution >= 4 is 11.9 Å². The molecule has 0 bridgehead atoms. The van der Waals surface area contributed by atoms with Crippen molar-refractivity contribution in [3.05, 3.63) is 101 Å². The van der Waals surface area contributed by atoms with Gasteiger partial charge in [0.1, 0.15) is 18.4 Å². The first kappa shape index (κ1) is 28.5. The fourth-order valence-corrected chi connectivity index (χ4v) is 7.02. The summed E-state index contributed by atoms with van der Waals surface area (Å²) in [6.07, 6.45) is 6.31. The number of amides is 1. The molecule has 3 fully saturated rings. The van der Waals surface area contributed by atoms with Gasteiger partial charge in [-0.15, -0.1) is 0 Å². The van der Waals surface area contributed by atoms with Crippen molar-refractivity contribution in [3.8, 4) is 5.75 Å². The predicted octanol–water partition coefficient (Wildman–Crippen LogP) is 7.22. The smallest absolute Gasteiger partial charge is 0.337 e. The zero-order valence-corrected chi connectivity index (χ0v) is 24.9. The number of nitrogens with one attached hydrogen (secondary N) is 1. The van der Waals surface area contributed by atoms with Gasteiger partial charge in [-0.3, -0.25) is 10.1 Å². The van der Waals surface area contributed by atoms with Gasteiger partial charge in [0.2, 0.25) is 5.91 Å². The second kappa shape index (κ2) is 11.9. The van der Waals surface area contributed by atoms with Crippen LogP contribution in [0.4, 0.5) is 0 Å². The summed E-state index contributed by atoms with van der Waals surface area (Å²) in [6.45, 7) is 5.13.